The van der Waals surface area contributed by atoms with Crippen LogP contribution in [0.25, 0.3) is 0 Å². The lowest BCUT2D eigenvalue weighted by molar-refractivity contribution is -0.0697. The molecule has 0 aromatic heterocycles. The average molecular weight is 339 g/mol. The predicted octanol–water partition coefficient (Wildman–Crippen LogP) is 6.06. The van der Waals surface area contributed by atoms with Crippen LogP contribution in [0.4, 0.5) is 4.79 Å². The normalized spacial score (nSPS) is 37.5. The molecule has 2 fully saturated rings. The van der Waals surface area contributed by atoms with Gasteiger partial charge in [0, 0.05) is 0 Å². The third kappa shape index (κ3) is 5.13. The maximum atomic E-state index is 12.5. The van der Waals surface area contributed by atoms with Crippen LogP contribution in [0.1, 0.15) is 80.1 Å². The van der Waals surface area contributed by atoms with Crippen molar-refractivity contribution in [3.05, 3.63) is 0 Å². The summed E-state index contributed by atoms with van der Waals surface area (Å²) in [6.45, 7) is 13.5. The summed E-state index contributed by atoms with van der Waals surface area (Å²) in [6, 6.07) is 0. The summed E-state index contributed by atoms with van der Waals surface area (Å²) in [5.74, 6) is 3.31. The number of ether oxygens (including phenoxy) is 2. The van der Waals surface area contributed by atoms with Gasteiger partial charge in [-0.05, 0) is 61.2 Å². The van der Waals surface area contributed by atoms with Gasteiger partial charge in [0.1, 0.15) is 12.2 Å². The van der Waals surface area contributed by atoms with E-state index in [1.807, 2.05) is 0 Å². The third-order valence-corrected chi connectivity index (χ3v) is 6.42. The molecule has 24 heavy (non-hydrogen) atoms. The largest absolute Gasteiger partial charge is 0.508 e. The lowest BCUT2D eigenvalue weighted by Gasteiger charge is -2.38. The first kappa shape index (κ1) is 19.6. The number of hydrogen-bond donors (Lipinski definition) is 0. The zero-order valence-corrected chi connectivity index (χ0v) is 16.6. The Balaban J connectivity index is 1.94. The van der Waals surface area contributed by atoms with E-state index in [2.05, 4.69) is 41.5 Å². The van der Waals surface area contributed by atoms with Crippen LogP contribution in [0.2, 0.25) is 0 Å². The van der Waals surface area contributed by atoms with Crippen molar-refractivity contribution in [2.75, 3.05) is 0 Å². The molecule has 3 nitrogen and oxygen atoms in total. The van der Waals surface area contributed by atoms with E-state index in [0.717, 1.165) is 25.7 Å². The minimum atomic E-state index is -0.426. The van der Waals surface area contributed by atoms with Gasteiger partial charge < -0.3 is 9.47 Å². The van der Waals surface area contributed by atoms with Crippen molar-refractivity contribution in [3.8, 4) is 0 Å². The highest BCUT2D eigenvalue weighted by atomic mass is 16.7. The Kier molecular flexibility index (Phi) is 7.00. The second-order valence-electron chi connectivity index (χ2n) is 9.21. The molecule has 2 saturated carbocycles. The first-order valence-electron chi connectivity index (χ1n) is 10.1. The van der Waals surface area contributed by atoms with E-state index in [4.69, 9.17) is 9.47 Å². The molecule has 140 valence electrons. The minimum Gasteiger partial charge on any atom is -0.431 e. The molecule has 2 aliphatic rings. The molecule has 0 spiro atoms. The third-order valence-electron chi connectivity index (χ3n) is 6.42. The van der Waals surface area contributed by atoms with Crippen molar-refractivity contribution in [2.45, 2.75) is 92.3 Å². The Bertz CT molecular complexity index is 368. The highest BCUT2D eigenvalue weighted by molar-refractivity contribution is 5.60. The van der Waals surface area contributed by atoms with Gasteiger partial charge in [-0.15, -0.1) is 0 Å². The van der Waals surface area contributed by atoms with Gasteiger partial charge in [-0.3, -0.25) is 0 Å². The van der Waals surface area contributed by atoms with Crippen LogP contribution in [0.3, 0.4) is 0 Å². The lowest BCUT2D eigenvalue weighted by atomic mass is 9.75. The van der Waals surface area contributed by atoms with E-state index in [-0.39, 0.29) is 12.2 Å². The number of carbonyl (C=O) groups excluding carboxylic acids is 1. The van der Waals surface area contributed by atoms with E-state index in [1.54, 1.807) is 0 Å². The Morgan fingerprint density at radius 3 is 1.46 bits per heavy atom. The number of rotatable bonds is 4. The monoisotopic (exact) mass is 338 g/mol. The van der Waals surface area contributed by atoms with Crippen LogP contribution in [-0.2, 0) is 9.47 Å². The second-order valence-corrected chi connectivity index (χ2v) is 9.21. The maximum Gasteiger partial charge on any atom is 0.508 e. The molecule has 0 bridgehead atoms. The summed E-state index contributed by atoms with van der Waals surface area (Å²) in [5.41, 5.74) is 0. The SMILES string of the molecule is CC(C)[C@H]1CC[C@@H](C)C[C@H]1OC(=O)O[C@@H]1C[C@H](C)CC[C@@H]1C(C)C. The van der Waals surface area contributed by atoms with Crippen molar-refractivity contribution < 1.29 is 14.3 Å². The summed E-state index contributed by atoms with van der Waals surface area (Å²) in [5, 5.41) is 0. The Morgan fingerprint density at radius 2 is 1.12 bits per heavy atom. The van der Waals surface area contributed by atoms with Gasteiger partial charge in [-0.1, -0.05) is 54.4 Å². The Morgan fingerprint density at radius 1 is 0.750 bits per heavy atom. The van der Waals surface area contributed by atoms with Crippen LogP contribution < -0.4 is 0 Å². The van der Waals surface area contributed by atoms with Gasteiger partial charge in [0.05, 0.1) is 0 Å². The topological polar surface area (TPSA) is 35.5 Å². The Hall–Kier alpha value is -0.730. The van der Waals surface area contributed by atoms with Gasteiger partial charge in [-0.25, -0.2) is 4.79 Å². The molecule has 6 atom stereocenters. The highest BCUT2D eigenvalue weighted by Gasteiger charge is 2.37. The van der Waals surface area contributed by atoms with Crippen LogP contribution in [0, 0.1) is 35.5 Å². The maximum absolute atomic E-state index is 12.5. The second kappa shape index (κ2) is 8.58. The summed E-state index contributed by atoms with van der Waals surface area (Å²) >= 11 is 0. The fourth-order valence-corrected chi connectivity index (χ4v) is 4.78. The van der Waals surface area contributed by atoms with Crippen LogP contribution in [-0.4, -0.2) is 18.4 Å². The van der Waals surface area contributed by atoms with Crippen molar-refractivity contribution in [1.29, 1.82) is 0 Å². The predicted molar refractivity (Wildman–Crippen MR) is 97.8 cm³/mol. The molecule has 0 amide bonds. The van der Waals surface area contributed by atoms with Crippen molar-refractivity contribution in [3.63, 3.8) is 0 Å². The van der Waals surface area contributed by atoms with Gasteiger partial charge in [0.15, 0.2) is 0 Å². The molecular formula is C21H38O3. The fraction of sp³-hybridized carbons (Fsp3) is 0.952. The smallest absolute Gasteiger partial charge is 0.431 e. The molecule has 0 aromatic rings. The first-order valence-corrected chi connectivity index (χ1v) is 10.1. The Labute approximate surface area is 148 Å². The molecule has 0 saturated heterocycles. The summed E-state index contributed by atoms with van der Waals surface area (Å²) in [6.07, 6.45) is 6.39. The first-order chi connectivity index (χ1) is 11.3. The minimum absolute atomic E-state index is 0.0276. The summed E-state index contributed by atoms with van der Waals surface area (Å²) < 4.78 is 11.7. The van der Waals surface area contributed by atoms with Crippen molar-refractivity contribution in [1.82, 2.24) is 0 Å². The van der Waals surface area contributed by atoms with E-state index < -0.39 is 6.16 Å². The van der Waals surface area contributed by atoms with Gasteiger partial charge >= 0.3 is 6.16 Å². The lowest BCUT2D eigenvalue weighted by Crippen LogP contribution is -2.39. The molecule has 3 heteroatoms. The van der Waals surface area contributed by atoms with Crippen LogP contribution in [0.15, 0.2) is 0 Å². The van der Waals surface area contributed by atoms with Crippen LogP contribution >= 0.6 is 0 Å². The average Bonchev–Trinajstić information content (AvgIpc) is 2.46. The van der Waals surface area contributed by atoms with E-state index >= 15 is 0 Å². The molecule has 0 aliphatic heterocycles. The standard InChI is InChI=1S/C21H38O3/c1-13(2)17-9-7-15(5)11-19(17)23-21(22)24-20-12-16(6)8-10-18(20)14(3)4/h13-20H,7-12H2,1-6H3/t15-,16-,17-,18-,19-,20-/m1/s1. The number of carbonyl (C=O) groups is 1. The van der Waals surface area contributed by atoms with Crippen LogP contribution in [0.5, 0.6) is 0 Å². The summed E-state index contributed by atoms with van der Waals surface area (Å²) in [4.78, 5) is 12.5. The highest BCUT2D eigenvalue weighted by Crippen LogP contribution is 2.37. The molecule has 0 heterocycles. The van der Waals surface area contributed by atoms with E-state index in [9.17, 15) is 4.79 Å². The van der Waals surface area contributed by atoms with Gasteiger partial charge in [-0.2, -0.15) is 0 Å². The van der Waals surface area contributed by atoms with Gasteiger partial charge in [0.25, 0.3) is 0 Å². The quantitative estimate of drug-likeness (QED) is 0.584. The zero-order valence-electron chi connectivity index (χ0n) is 16.6. The molecular weight excluding hydrogens is 300 g/mol. The molecule has 2 aliphatic carbocycles. The van der Waals surface area contributed by atoms with E-state index in [0.29, 0.717) is 35.5 Å². The molecule has 0 aromatic carbocycles. The van der Waals surface area contributed by atoms with E-state index in [1.165, 1.54) is 12.8 Å². The fourth-order valence-electron chi connectivity index (χ4n) is 4.78. The summed E-state index contributed by atoms with van der Waals surface area (Å²) in [7, 11) is 0. The molecule has 2 rings (SSSR count). The van der Waals surface area contributed by atoms with Gasteiger partial charge in [0.2, 0.25) is 0 Å². The number of hydrogen-bond acceptors (Lipinski definition) is 3. The zero-order chi connectivity index (χ0) is 17.9. The van der Waals surface area contributed by atoms with Crippen molar-refractivity contribution >= 4 is 6.16 Å². The molecule has 0 unspecified atom stereocenters. The molecule has 0 radical (unpaired) electrons. The molecule has 0 N–H and O–H groups in total. The van der Waals surface area contributed by atoms with Crippen molar-refractivity contribution in [2.24, 2.45) is 35.5 Å².